The lowest BCUT2D eigenvalue weighted by atomic mass is 10.2. The quantitative estimate of drug-likeness (QED) is 0.631. The highest BCUT2D eigenvalue weighted by atomic mass is 16.6. The van der Waals surface area contributed by atoms with Crippen molar-refractivity contribution in [1.29, 1.82) is 0 Å². The molecule has 0 aliphatic heterocycles. The molecule has 4 heteroatoms. The van der Waals surface area contributed by atoms with Crippen LogP contribution in [0.3, 0.4) is 0 Å². The minimum Gasteiger partial charge on any atom is -0.462 e. The Balaban J connectivity index is 0.000000293. The standard InChI is InChI=1S/C7H9NO.C5H10O2/c8-9-6-7-4-2-1-3-5-7;1-5(2,3)7-4-6/h1-5H,6,8H2;4H,1-3H3. The summed E-state index contributed by atoms with van der Waals surface area (Å²) in [7, 11) is 0. The third kappa shape index (κ3) is 9.18. The Bertz CT molecular complexity index is 280. The Morgan fingerprint density at radius 1 is 1.25 bits per heavy atom. The van der Waals surface area contributed by atoms with Crippen LogP contribution in [-0.4, -0.2) is 12.1 Å². The molecule has 0 amide bonds. The lowest BCUT2D eigenvalue weighted by molar-refractivity contribution is -0.138. The second-order valence-corrected chi connectivity index (χ2v) is 4.12. The van der Waals surface area contributed by atoms with Crippen LogP contribution in [0, 0.1) is 0 Å². The highest BCUT2D eigenvalue weighted by Gasteiger charge is 2.07. The zero-order valence-corrected chi connectivity index (χ0v) is 9.97. The number of hydrogen-bond donors (Lipinski definition) is 1. The van der Waals surface area contributed by atoms with Gasteiger partial charge in [-0.1, -0.05) is 30.3 Å². The first-order valence-corrected chi connectivity index (χ1v) is 4.96. The molecule has 0 atom stereocenters. The lowest BCUT2D eigenvalue weighted by Crippen LogP contribution is -2.17. The molecule has 1 rings (SSSR count). The first kappa shape index (κ1) is 14.6. The van der Waals surface area contributed by atoms with E-state index in [-0.39, 0.29) is 5.60 Å². The van der Waals surface area contributed by atoms with Crippen LogP contribution in [0.15, 0.2) is 30.3 Å². The first-order valence-electron chi connectivity index (χ1n) is 4.96. The van der Waals surface area contributed by atoms with Crippen LogP contribution < -0.4 is 5.90 Å². The fourth-order valence-corrected chi connectivity index (χ4v) is 0.815. The van der Waals surface area contributed by atoms with Crippen LogP contribution in [0.5, 0.6) is 0 Å². The van der Waals surface area contributed by atoms with E-state index in [4.69, 9.17) is 5.90 Å². The van der Waals surface area contributed by atoms with Crippen molar-refractivity contribution in [3.8, 4) is 0 Å². The van der Waals surface area contributed by atoms with Crippen molar-refractivity contribution in [1.82, 2.24) is 0 Å². The Morgan fingerprint density at radius 3 is 2.12 bits per heavy atom. The highest BCUT2D eigenvalue weighted by molar-refractivity contribution is 5.37. The van der Waals surface area contributed by atoms with Gasteiger partial charge in [0.25, 0.3) is 6.47 Å². The van der Waals surface area contributed by atoms with Gasteiger partial charge in [-0.25, -0.2) is 5.90 Å². The van der Waals surface area contributed by atoms with Crippen LogP contribution in [0.2, 0.25) is 0 Å². The molecule has 1 aromatic carbocycles. The number of nitrogens with two attached hydrogens (primary N) is 1. The van der Waals surface area contributed by atoms with E-state index in [1.54, 1.807) is 0 Å². The van der Waals surface area contributed by atoms with Crippen molar-refractivity contribution in [2.75, 3.05) is 0 Å². The smallest absolute Gasteiger partial charge is 0.293 e. The Kier molecular flexibility index (Phi) is 7.16. The average molecular weight is 225 g/mol. The van der Waals surface area contributed by atoms with Crippen LogP contribution in [0.25, 0.3) is 0 Å². The molecule has 4 nitrogen and oxygen atoms in total. The van der Waals surface area contributed by atoms with Gasteiger partial charge in [0.1, 0.15) is 5.60 Å². The molecule has 16 heavy (non-hydrogen) atoms. The average Bonchev–Trinajstić information content (AvgIpc) is 2.19. The van der Waals surface area contributed by atoms with E-state index in [0.717, 1.165) is 5.56 Å². The summed E-state index contributed by atoms with van der Waals surface area (Å²) in [6, 6.07) is 9.79. The maximum atomic E-state index is 9.60. The van der Waals surface area contributed by atoms with Gasteiger partial charge in [0.2, 0.25) is 0 Å². The van der Waals surface area contributed by atoms with Crippen molar-refractivity contribution in [3.05, 3.63) is 35.9 Å². The van der Waals surface area contributed by atoms with Crippen molar-refractivity contribution in [3.63, 3.8) is 0 Å². The van der Waals surface area contributed by atoms with Crippen molar-refractivity contribution < 1.29 is 14.4 Å². The van der Waals surface area contributed by atoms with E-state index in [9.17, 15) is 4.79 Å². The van der Waals surface area contributed by atoms with Gasteiger partial charge in [0, 0.05) is 0 Å². The topological polar surface area (TPSA) is 61.5 Å². The lowest BCUT2D eigenvalue weighted by Gasteiger charge is -2.14. The van der Waals surface area contributed by atoms with Crippen LogP contribution >= 0.6 is 0 Å². The molecule has 0 aromatic heterocycles. The van der Waals surface area contributed by atoms with Gasteiger partial charge in [-0.05, 0) is 26.3 Å². The Hall–Kier alpha value is -1.39. The minimum atomic E-state index is -0.318. The number of rotatable bonds is 3. The summed E-state index contributed by atoms with van der Waals surface area (Å²) in [6.07, 6.45) is 0. The molecule has 0 saturated heterocycles. The van der Waals surface area contributed by atoms with Gasteiger partial charge in [-0.15, -0.1) is 0 Å². The van der Waals surface area contributed by atoms with E-state index in [1.807, 2.05) is 51.1 Å². The molecule has 0 fully saturated rings. The number of carbonyl (C=O) groups excluding carboxylic acids is 1. The molecule has 0 radical (unpaired) electrons. The molecular formula is C12H19NO3. The SMILES string of the molecule is CC(C)(C)OC=O.NOCc1ccccc1. The summed E-state index contributed by atoms with van der Waals surface area (Å²) in [6.45, 7) is 6.41. The van der Waals surface area contributed by atoms with Crippen LogP contribution in [0.4, 0.5) is 0 Å². The summed E-state index contributed by atoms with van der Waals surface area (Å²) in [5, 5.41) is 0. The Labute approximate surface area is 96.3 Å². The van der Waals surface area contributed by atoms with E-state index in [1.165, 1.54) is 0 Å². The van der Waals surface area contributed by atoms with Crippen molar-refractivity contribution >= 4 is 6.47 Å². The van der Waals surface area contributed by atoms with Gasteiger partial charge < -0.3 is 4.74 Å². The van der Waals surface area contributed by atoms with E-state index in [0.29, 0.717) is 13.1 Å². The van der Waals surface area contributed by atoms with Gasteiger partial charge in [0.15, 0.2) is 0 Å². The maximum Gasteiger partial charge on any atom is 0.293 e. The van der Waals surface area contributed by atoms with Crippen molar-refractivity contribution in [2.45, 2.75) is 33.0 Å². The minimum absolute atomic E-state index is 0.318. The summed E-state index contributed by atoms with van der Waals surface area (Å²) in [4.78, 5) is 14.0. The second-order valence-electron chi connectivity index (χ2n) is 4.12. The summed E-state index contributed by atoms with van der Waals surface area (Å²) < 4.78 is 4.55. The van der Waals surface area contributed by atoms with E-state index < -0.39 is 0 Å². The molecule has 0 bridgehead atoms. The van der Waals surface area contributed by atoms with E-state index >= 15 is 0 Å². The zero-order valence-electron chi connectivity index (χ0n) is 9.97. The molecule has 0 aliphatic carbocycles. The molecule has 0 spiro atoms. The molecule has 0 heterocycles. The first-order chi connectivity index (χ1) is 7.49. The summed E-state index contributed by atoms with van der Waals surface area (Å²) in [5.74, 6) is 4.86. The Morgan fingerprint density at radius 2 is 1.81 bits per heavy atom. The van der Waals surface area contributed by atoms with Crippen molar-refractivity contribution in [2.24, 2.45) is 5.90 Å². The second kappa shape index (κ2) is 7.84. The zero-order chi connectivity index (χ0) is 12.4. The molecule has 0 saturated carbocycles. The summed E-state index contributed by atoms with van der Waals surface area (Å²) >= 11 is 0. The fourth-order valence-electron chi connectivity index (χ4n) is 0.815. The third-order valence-corrected chi connectivity index (χ3v) is 1.49. The molecule has 2 N–H and O–H groups in total. The normalized spacial score (nSPS) is 10.0. The molecular weight excluding hydrogens is 206 g/mol. The summed E-state index contributed by atoms with van der Waals surface area (Å²) in [5.41, 5.74) is 0.780. The largest absolute Gasteiger partial charge is 0.462 e. The number of carbonyl (C=O) groups is 1. The van der Waals surface area contributed by atoms with Gasteiger partial charge >= 0.3 is 0 Å². The third-order valence-electron chi connectivity index (χ3n) is 1.49. The molecule has 0 aliphatic rings. The molecule has 90 valence electrons. The highest BCUT2D eigenvalue weighted by Crippen LogP contribution is 2.02. The number of hydrogen-bond acceptors (Lipinski definition) is 4. The monoisotopic (exact) mass is 225 g/mol. The predicted molar refractivity (Wildman–Crippen MR) is 62.3 cm³/mol. The van der Waals surface area contributed by atoms with Gasteiger partial charge in [-0.2, -0.15) is 0 Å². The maximum absolute atomic E-state index is 9.60. The fraction of sp³-hybridized carbons (Fsp3) is 0.417. The molecule has 1 aromatic rings. The number of ether oxygens (including phenoxy) is 1. The van der Waals surface area contributed by atoms with E-state index in [2.05, 4.69) is 9.57 Å². The van der Waals surface area contributed by atoms with Crippen LogP contribution in [0.1, 0.15) is 26.3 Å². The predicted octanol–water partition coefficient (Wildman–Crippen LogP) is 2.03. The van der Waals surface area contributed by atoms with Crippen LogP contribution in [-0.2, 0) is 21.0 Å². The van der Waals surface area contributed by atoms with Gasteiger partial charge in [0.05, 0.1) is 6.61 Å². The van der Waals surface area contributed by atoms with Gasteiger partial charge in [-0.3, -0.25) is 9.63 Å². The molecule has 0 unspecified atom stereocenters. The number of benzene rings is 1.